The summed E-state index contributed by atoms with van der Waals surface area (Å²) in [7, 11) is 2.47. The molecule has 332 valence electrons. The van der Waals surface area contributed by atoms with Crippen LogP contribution in [0.3, 0.4) is 0 Å². The number of amides is 6. The molecule has 3 aliphatic rings. The van der Waals surface area contributed by atoms with Gasteiger partial charge in [0.2, 0.25) is 23.6 Å². The first kappa shape index (κ1) is 45.9. The van der Waals surface area contributed by atoms with Gasteiger partial charge >= 0.3 is 12.2 Å². The second kappa shape index (κ2) is 18.8. The van der Waals surface area contributed by atoms with Gasteiger partial charge in [-0.25, -0.2) is 9.59 Å². The normalized spacial score (nSPS) is 23.3. The number of halogens is 1. The van der Waals surface area contributed by atoms with Gasteiger partial charge in [-0.05, 0) is 96.9 Å². The SMILES string of the molecule is COC(=O)N[C@H](C(=O)N1CCC[C@@]1(C(N)=O)c1ccc(C2CC[C@H](c3ccc([C@]4(C(N)=O)CCCN4C(=O)[C@@H](NC(=O)OC)C(C)C)cc3)N2c2ccc(Br)cc2)cc1)C(C)C. The largest absolute Gasteiger partial charge is 0.453 e. The van der Waals surface area contributed by atoms with Crippen molar-refractivity contribution in [1.82, 2.24) is 20.4 Å². The van der Waals surface area contributed by atoms with E-state index in [0.717, 1.165) is 34.1 Å². The molecule has 16 heteroatoms. The standard InChI is InChI=1S/C46H58BrN7O8/c1-27(2)37(50-43(59)61-5)39(55)52-25-7-23-45(52,41(48)57)31-13-9-29(10-14-31)35-21-22-36(54(35)34-19-17-33(47)18-20-34)30-11-15-32(16-12-30)46(42(49)58)24-8-26-53(46)40(56)38(28(3)4)51-44(60)62-6/h9-20,27-28,35-38H,7-8,21-26H2,1-6H3,(H2,48,57)(H2,49,58)(H,50,59)(H,51,60)/t35-,36?,37+,38+,45+,46+/m1/s1. The number of nitrogens with two attached hydrogens (primary N) is 2. The molecule has 6 amide bonds. The highest BCUT2D eigenvalue weighted by Gasteiger charge is 2.53. The molecule has 0 saturated carbocycles. The topological polar surface area (TPSA) is 207 Å². The number of rotatable bonds is 13. The fourth-order valence-electron chi connectivity index (χ4n) is 9.77. The van der Waals surface area contributed by atoms with Gasteiger partial charge in [0.1, 0.15) is 23.2 Å². The zero-order valence-electron chi connectivity index (χ0n) is 36.2. The van der Waals surface area contributed by atoms with Crippen LogP contribution in [0.25, 0.3) is 0 Å². The molecule has 3 fully saturated rings. The predicted octanol–water partition coefficient (Wildman–Crippen LogP) is 5.90. The molecular formula is C46H58BrN7O8. The fourth-order valence-corrected chi connectivity index (χ4v) is 10.0. The maximum Gasteiger partial charge on any atom is 0.407 e. The molecule has 6 atom stereocenters. The number of primary amides is 2. The Morgan fingerprint density at radius 3 is 1.32 bits per heavy atom. The predicted molar refractivity (Wildman–Crippen MR) is 236 cm³/mol. The molecule has 6 rings (SSSR count). The number of carbonyl (C=O) groups excluding carboxylic acids is 6. The molecule has 0 aromatic heterocycles. The lowest BCUT2D eigenvalue weighted by molar-refractivity contribution is -0.146. The minimum absolute atomic E-state index is 0.0782. The molecule has 3 aliphatic heterocycles. The van der Waals surface area contributed by atoms with Gasteiger partial charge in [0.25, 0.3) is 0 Å². The van der Waals surface area contributed by atoms with Gasteiger partial charge in [-0.15, -0.1) is 0 Å². The Morgan fingerprint density at radius 1 is 0.629 bits per heavy atom. The molecule has 1 unspecified atom stereocenters. The Labute approximate surface area is 371 Å². The van der Waals surface area contributed by atoms with Crippen LogP contribution in [-0.2, 0) is 39.7 Å². The first-order valence-electron chi connectivity index (χ1n) is 21.2. The number of likely N-dealkylation sites (tertiary alicyclic amines) is 2. The highest BCUT2D eigenvalue weighted by molar-refractivity contribution is 9.10. The Balaban J connectivity index is 1.32. The summed E-state index contributed by atoms with van der Waals surface area (Å²) in [6.45, 7) is 7.87. The quantitative estimate of drug-likeness (QED) is 0.161. The van der Waals surface area contributed by atoms with Crippen molar-refractivity contribution < 1.29 is 38.2 Å². The van der Waals surface area contributed by atoms with Gasteiger partial charge in [0.15, 0.2) is 0 Å². The van der Waals surface area contributed by atoms with Crippen LogP contribution in [0.15, 0.2) is 77.3 Å². The lowest BCUT2D eigenvalue weighted by atomic mass is 9.84. The van der Waals surface area contributed by atoms with Crippen LogP contribution in [0.2, 0.25) is 0 Å². The first-order valence-corrected chi connectivity index (χ1v) is 22.0. The number of alkyl carbamates (subject to hydrolysis) is 2. The van der Waals surface area contributed by atoms with Crippen molar-refractivity contribution in [2.45, 2.75) is 101 Å². The second-order valence-electron chi connectivity index (χ2n) is 17.1. The van der Waals surface area contributed by atoms with Gasteiger partial charge in [-0.2, -0.15) is 0 Å². The van der Waals surface area contributed by atoms with Crippen LogP contribution in [0.1, 0.15) is 101 Å². The number of nitrogens with one attached hydrogen (secondary N) is 2. The number of benzene rings is 3. The van der Waals surface area contributed by atoms with E-state index in [0.29, 0.717) is 49.9 Å². The summed E-state index contributed by atoms with van der Waals surface area (Å²) < 4.78 is 10.5. The van der Waals surface area contributed by atoms with Gasteiger partial charge < -0.3 is 46.3 Å². The van der Waals surface area contributed by atoms with Crippen LogP contribution >= 0.6 is 15.9 Å². The molecule has 0 radical (unpaired) electrons. The summed E-state index contributed by atoms with van der Waals surface area (Å²) in [5.41, 5.74) is 13.8. The fraction of sp³-hybridized carbons (Fsp3) is 0.478. The van der Waals surface area contributed by atoms with E-state index in [1.54, 1.807) is 0 Å². The third kappa shape index (κ3) is 8.45. The minimum Gasteiger partial charge on any atom is -0.453 e. The molecule has 0 spiro atoms. The van der Waals surface area contributed by atoms with Gasteiger partial charge in [0, 0.05) is 23.2 Å². The number of nitrogens with zero attached hydrogens (tertiary/aromatic N) is 3. The van der Waals surface area contributed by atoms with E-state index >= 15 is 0 Å². The van der Waals surface area contributed by atoms with Gasteiger partial charge in [-0.1, -0.05) is 92.2 Å². The molecule has 3 heterocycles. The molecule has 0 bridgehead atoms. The summed E-state index contributed by atoms with van der Waals surface area (Å²) in [6.07, 6.45) is 1.90. The number of carbonyl (C=O) groups is 6. The highest BCUT2D eigenvalue weighted by atomic mass is 79.9. The van der Waals surface area contributed by atoms with Crippen LogP contribution in [0, 0.1) is 11.8 Å². The van der Waals surface area contributed by atoms with E-state index in [9.17, 15) is 28.8 Å². The van der Waals surface area contributed by atoms with Crippen molar-refractivity contribution >= 4 is 57.4 Å². The monoisotopic (exact) mass is 915 g/mol. The molecule has 3 saturated heterocycles. The third-order valence-electron chi connectivity index (χ3n) is 12.9. The molecule has 6 N–H and O–H groups in total. The van der Waals surface area contributed by atoms with E-state index in [4.69, 9.17) is 20.9 Å². The minimum atomic E-state index is -1.40. The first-order chi connectivity index (χ1) is 29.5. The zero-order chi connectivity index (χ0) is 45.1. The summed E-state index contributed by atoms with van der Waals surface area (Å²) in [5.74, 6) is -2.65. The van der Waals surface area contributed by atoms with Crippen LogP contribution in [0.5, 0.6) is 0 Å². The van der Waals surface area contributed by atoms with Crippen molar-refractivity contribution in [3.05, 3.63) is 99.5 Å². The summed E-state index contributed by atoms with van der Waals surface area (Å²) in [6, 6.07) is 21.6. The molecule has 15 nitrogen and oxygen atoms in total. The van der Waals surface area contributed by atoms with Crippen molar-refractivity contribution in [3.63, 3.8) is 0 Å². The summed E-state index contributed by atoms with van der Waals surface area (Å²) >= 11 is 3.58. The summed E-state index contributed by atoms with van der Waals surface area (Å²) in [5, 5.41) is 5.28. The van der Waals surface area contributed by atoms with E-state index in [1.165, 1.54) is 24.0 Å². The maximum atomic E-state index is 14.1. The molecular weight excluding hydrogens is 858 g/mol. The zero-order valence-corrected chi connectivity index (χ0v) is 37.8. The van der Waals surface area contributed by atoms with Crippen molar-refractivity contribution in [2.24, 2.45) is 23.3 Å². The average Bonchev–Trinajstić information content (AvgIpc) is 4.03. The maximum absolute atomic E-state index is 14.1. The average molecular weight is 917 g/mol. The van der Waals surface area contributed by atoms with E-state index in [2.05, 4.69) is 43.6 Å². The Kier molecular flexibility index (Phi) is 13.9. The van der Waals surface area contributed by atoms with E-state index < -0.39 is 59.0 Å². The molecule has 62 heavy (non-hydrogen) atoms. The Morgan fingerprint density at radius 2 is 1.00 bits per heavy atom. The van der Waals surface area contributed by atoms with Crippen molar-refractivity contribution in [2.75, 3.05) is 32.2 Å². The lowest BCUT2D eigenvalue weighted by Crippen LogP contribution is -2.59. The van der Waals surface area contributed by atoms with E-state index in [1.807, 2.05) is 88.4 Å². The van der Waals surface area contributed by atoms with Gasteiger partial charge in [0.05, 0.1) is 26.3 Å². The van der Waals surface area contributed by atoms with Crippen LogP contribution in [-0.4, -0.2) is 85.0 Å². The number of ether oxygens (including phenoxy) is 2. The highest BCUT2D eigenvalue weighted by Crippen LogP contribution is 2.49. The summed E-state index contributed by atoms with van der Waals surface area (Å²) in [4.78, 5) is 84.9. The number of anilines is 1. The number of hydrogen-bond donors (Lipinski definition) is 4. The van der Waals surface area contributed by atoms with Crippen LogP contribution < -0.4 is 27.0 Å². The number of hydrogen-bond acceptors (Lipinski definition) is 9. The number of methoxy groups -OCH3 is 2. The van der Waals surface area contributed by atoms with Crippen molar-refractivity contribution in [1.29, 1.82) is 0 Å². The lowest BCUT2D eigenvalue weighted by Gasteiger charge is -2.39. The second-order valence-corrected chi connectivity index (χ2v) is 18.0. The van der Waals surface area contributed by atoms with Gasteiger partial charge in [-0.3, -0.25) is 19.2 Å². The molecule has 3 aromatic carbocycles. The van der Waals surface area contributed by atoms with Crippen molar-refractivity contribution in [3.8, 4) is 0 Å². The molecule has 0 aliphatic carbocycles. The van der Waals surface area contributed by atoms with E-state index in [-0.39, 0.29) is 23.9 Å². The molecule has 3 aromatic rings. The Bertz CT molecular complexity index is 2020. The smallest absolute Gasteiger partial charge is 0.407 e. The Hall–Kier alpha value is -5.64. The third-order valence-corrected chi connectivity index (χ3v) is 13.5. The van der Waals surface area contributed by atoms with Crippen LogP contribution in [0.4, 0.5) is 15.3 Å².